The topological polar surface area (TPSA) is 72.9 Å². The summed E-state index contributed by atoms with van der Waals surface area (Å²) in [7, 11) is 0. The van der Waals surface area contributed by atoms with E-state index in [0.29, 0.717) is 17.3 Å². The van der Waals surface area contributed by atoms with Gasteiger partial charge in [-0.2, -0.15) is 0 Å². The fraction of sp³-hybridized carbons (Fsp3) is 0.0400. The molecule has 384 valence electrons. The van der Waals surface area contributed by atoms with Crippen LogP contribution in [-0.4, -0.2) is 24.5 Å². The third-order valence-electron chi connectivity index (χ3n) is 17.2. The molecule has 5 aromatic heterocycles. The second kappa shape index (κ2) is 17.6. The number of pyridine rings is 2. The summed E-state index contributed by atoms with van der Waals surface area (Å²) in [5.41, 5.74) is 16.9. The number of nitrogens with zero attached hydrogens (tertiary/aromatic N) is 6. The highest BCUT2D eigenvalue weighted by Gasteiger charge is 2.39. The summed E-state index contributed by atoms with van der Waals surface area (Å²) < 4.78 is 9.41. The molecule has 7 heteroatoms. The number of para-hydroxylation sites is 1. The third-order valence-corrected chi connectivity index (χ3v) is 17.2. The van der Waals surface area contributed by atoms with E-state index in [1.54, 1.807) is 12.4 Å². The van der Waals surface area contributed by atoms with E-state index in [-0.39, 0.29) is 5.41 Å². The molecular weight excluding hydrogens is 1000 g/mol. The molecule has 0 saturated heterocycles. The minimum Gasteiger partial charge on any atom is -0.455 e. The SMILES string of the molecule is CC1(C)c2ccccc2-c2cccc(N(c3ccc(-c4cccc5c4oc4cc6c7cc8c9ccccc9c9ccccc9c8cc7n(-c7nc(-c8ccccn8)cc(-c8ccccn8)n7)c6cc45)cc3)c3ccc4ccccc4c3)c21. The summed E-state index contributed by atoms with van der Waals surface area (Å²) in [5.74, 6) is 0.521. The Labute approximate surface area is 471 Å². The molecular formula is C75H48N6O. The van der Waals surface area contributed by atoms with Crippen LogP contribution in [0.1, 0.15) is 25.0 Å². The summed E-state index contributed by atoms with van der Waals surface area (Å²) in [6.45, 7) is 4.73. The Hall–Kier alpha value is -10.8. The number of hydrogen-bond donors (Lipinski definition) is 0. The maximum absolute atomic E-state index is 7.17. The summed E-state index contributed by atoms with van der Waals surface area (Å²) >= 11 is 0. The number of aromatic nitrogens is 5. The van der Waals surface area contributed by atoms with Gasteiger partial charge in [0.15, 0.2) is 0 Å². The van der Waals surface area contributed by atoms with Crippen molar-refractivity contribution in [2.75, 3.05) is 4.90 Å². The zero-order chi connectivity index (χ0) is 54.2. The molecule has 0 N–H and O–H groups in total. The van der Waals surface area contributed by atoms with Crippen molar-refractivity contribution in [3.63, 3.8) is 0 Å². The molecule has 16 aromatic rings. The summed E-state index contributed by atoms with van der Waals surface area (Å²) in [6.07, 6.45) is 3.61. The highest BCUT2D eigenvalue weighted by molar-refractivity contribution is 6.29. The first kappa shape index (κ1) is 46.2. The number of benzene rings is 11. The molecule has 1 aliphatic rings. The van der Waals surface area contributed by atoms with Crippen LogP contribution in [-0.2, 0) is 5.41 Å². The van der Waals surface area contributed by atoms with Gasteiger partial charge in [-0.15, -0.1) is 0 Å². The number of furan rings is 1. The smallest absolute Gasteiger partial charge is 0.235 e. The van der Waals surface area contributed by atoms with Crippen LogP contribution in [0.4, 0.5) is 17.1 Å². The van der Waals surface area contributed by atoms with Crippen LogP contribution in [0.15, 0.2) is 259 Å². The van der Waals surface area contributed by atoms with Gasteiger partial charge < -0.3 is 9.32 Å². The first-order valence-electron chi connectivity index (χ1n) is 27.9. The van der Waals surface area contributed by atoms with Crippen molar-refractivity contribution >= 4 is 104 Å². The molecule has 0 bridgehead atoms. The zero-order valence-electron chi connectivity index (χ0n) is 44.8. The van der Waals surface area contributed by atoms with Gasteiger partial charge in [0.25, 0.3) is 0 Å². The molecule has 0 spiro atoms. The molecule has 0 radical (unpaired) electrons. The molecule has 5 heterocycles. The third kappa shape index (κ3) is 6.90. The van der Waals surface area contributed by atoms with Crippen LogP contribution in [0, 0.1) is 0 Å². The standard InChI is InChI=1S/C75H48N6O/c1-75(2)63-27-10-9-23-55(63)56-25-16-30-68(72(56)75)80(49-36-31-45-17-3-4-18-47(45)39-49)48-34-32-46(33-35-48)50-24-15-26-57-62-42-70-61(43-71(62)82-73(50)57)60-40-58-53-21-7-5-19-51(53)52-20-6-8-22-54(52)59(58)41-69(60)81(70)74-78-66(64-28-11-13-37-76-64)44-67(79-74)65-29-12-14-38-77-65/h3-44H,1-2H3. The number of rotatable bonds is 7. The predicted octanol–water partition coefficient (Wildman–Crippen LogP) is 19.7. The largest absolute Gasteiger partial charge is 0.455 e. The molecule has 0 fully saturated rings. The second-order valence-electron chi connectivity index (χ2n) is 22.1. The normalized spacial score (nSPS) is 12.9. The van der Waals surface area contributed by atoms with Crippen molar-refractivity contribution in [1.29, 1.82) is 0 Å². The highest BCUT2D eigenvalue weighted by atomic mass is 16.3. The molecule has 0 unspecified atom stereocenters. The van der Waals surface area contributed by atoms with Gasteiger partial charge in [-0.1, -0.05) is 172 Å². The first-order valence-corrected chi connectivity index (χ1v) is 27.9. The number of hydrogen-bond acceptors (Lipinski definition) is 6. The van der Waals surface area contributed by atoms with E-state index >= 15 is 0 Å². The zero-order valence-corrected chi connectivity index (χ0v) is 44.8. The van der Waals surface area contributed by atoms with Crippen molar-refractivity contribution in [2.24, 2.45) is 0 Å². The van der Waals surface area contributed by atoms with Gasteiger partial charge in [-0.25, -0.2) is 9.97 Å². The summed E-state index contributed by atoms with van der Waals surface area (Å²) in [5, 5.41) is 13.7. The van der Waals surface area contributed by atoms with Crippen LogP contribution < -0.4 is 4.90 Å². The lowest BCUT2D eigenvalue weighted by atomic mass is 9.81. The van der Waals surface area contributed by atoms with Gasteiger partial charge in [0.2, 0.25) is 5.95 Å². The fourth-order valence-electron chi connectivity index (χ4n) is 13.5. The highest BCUT2D eigenvalue weighted by Crippen LogP contribution is 2.55. The van der Waals surface area contributed by atoms with Crippen molar-refractivity contribution in [1.82, 2.24) is 24.5 Å². The Balaban J connectivity index is 0.871. The minimum atomic E-state index is -0.218. The molecule has 82 heavy (non-hydrogen) atoms. The molecule has 0 amide bonds. The first-order chi connectivity index (χ1) is 40.4. The average Bonchev–Trinajstić information content (AvgIpc) is 3.70. The molecule has 7 nitrogen and oxygen atoms in total. The molecule has 0 aliphatic heterocycles. The Bertz CT molecular complexity index is 5260. The van der Waals surface area contributed by atoms with Gasteiger partial charge in [0.05, 0.1) is 39.5 Å². The van der Waals surface area contributed by atoms with Gasteiger partial charge >= 0.3 is 0 Å². The molecule has 11 aromatic carbocycles. The summed E-state index contributed by atoms with van der Waals surface area (Å²) in [4.78, 5) is 22.8. The number of fused-ring (bicyclic) bond motifs is 16. The average molecular weight is 1050 g/mol. The fourth-order valence-corrected chi connectivity index (χ4v) is 13.5. The van der Waals surface area contributed by atoms with E-state index in [4.69, 9.17) is 24.4 Å². The molecule has 17 rings (SSSR count). The number of anilines is 3. The van der Waals surface area contributed by atoms with Crippen LogP contribution >= 0.6 is 0 Å². The van der Waals surface area contributed by atoms with Crippen molar-refractivity contribution in [3.05, 3.63) is 266 Å². The maximum atomic E-state index is 7.17. The van der Waals surface area contributed by atoms with Crippen molar-refractivity contribution in [2.45, 2.75) is 19.3 Å². The van der Waals surface area contributed by atoms with E-state index in [9.17, 15) is 0 Å². The van der Waals surface area contributed by atoms with E-state index in [1.165, 1.54) is 65.6 Å². The van der Waals surface area contributed by atoms with Crippen LogP contribution in [0.5, 0.6) is 0 Å². The van der Waals surface area contributed by atoms with Gasteiger partial charge in [0, 0.05) is 56.3 Å². The predicted molar refractivity (Wildman–Crippen MR) is 338 cm³/mol. The van der Waals surface area contributed by atoms with Crippen molar-refractivity contribution < 1.29 is 4.42 Å². The van der Waals surface area contributed by atoms with E-state index in [0.717, 1.165) is 83.0 Å². The van der Waals surface area contributed by atoms with Crippen molar-refractivity contribution in [3.8, 4) is 51.0 Å². The minimum absolute atomic E-state index is 0.218. The van der Waals surface area contributed by atoms with Crippen LogP contribution in [0.2, 0.25) is 0 Å². The Morgan fingerprint density at radius 2 is 0.951 bits per heavy atom. The van der Waals surface area contributed by atoms with Gasteiger partial charge in [-0.3, -0.25) is 14.5 Å². The van der Waals surface area contributed by atoms with E-state index in [1.807, 2.05) is 42.5 Å². The van der Waals surface area contributed by atoms with Gasteiger partial charge in [-0.05, 0) is 156 Å². The second-order valence-corrected chi connectivity index (χ2v) is 22.1. The monoisotopic (exact) mass is 1050 g/mol. The molecule has 0 saturated carbocycles. The molecule has 0 atom stereocenters. The summed E-state index contributed by atoms with van der Waals surface area (Å²) in [6, 6.07) is 87.1. The Morgan fingerprint density at radius 1 is 0.390 bits per heavy atom. The maximum Gasteiger partial charge on any atom is 0.235 e. The lowest BCUT2D eigenvalue weighted by Gasteiger charge is -2.32. The van der Waals surface area contributed by atoms with Gasteiger partial charge in [0.1, 0.15) is 11.2 Å². The van der Waals surface area contributed by atoms with E-state index in [2.05, 4.69) is 224 Å². The Morgan fingerprint density at radius 3 is 1.66 bits per heavy atom. The van der Waals surface area contributed by atoms with Crippen LogP contribution in [0.3, 0.4) is 0 Å². The lowest BCUT2D eigenvalue weighted by Crippen LogP contribution is -2.20. The van der Waals surface area contributed by atoms with E-state index < -0.39 is 0 Å². The quantitative estimate of drug-likeness (QED) is 0.148. The Kier molecular flexibility index (Phi) is 9.92. The molecule has 1 aliphatic carbocycles. The lowest BCUT2D eigenvalue weighted by molar-refractivity contribution is 0.661. The van der Waals surface area contributed by atoms with Crippen LogP contribution in [0.25, 0.3) is 138 Å².